The molecule has 1 spiro atoms. The van der Waals surface area contributed by atoms with Crippen molar-refractivity contribution in [2.45, 2.75) is 31.3 Å². The normalized spacial score (nSPS) is 18.3. The number of benzene rings is 1. The summed E-state index contributed by atoms with van der Waals surface area (Å²) in [5.41, 5.74) is 1.33. The van der Waals surface area contributed by atoms with Crippen LogP contribution in [0.4, 0.5) is 0 Å². The second-order valence-corrected chi connectivity index (χ2v) is 9.14. The molecule has 1 fully saturated rings. The van der Waals surface area contributed by atoms with E-state index in [-0.39, 0.29) is 11.8 Å². The van der Waals surface area contributed by atoms with Crippen molar-refractivity contribution >= 4 is 33.2 Å². The van der Waals surface area contributed by atoms with Crippen molar-refractivity contribution in [3.8, 4) is 11.5 Å². The van der Waals surface area contributed by atoms with Crippen LogP contribution in [0, 0.1) is 0 Å². The van der Waals surface area contributed by atoms with Gasteiger partial charge < -0.3 is 19.5 Å². The van der Waals surface area contributed by atoms with Crippen molar-refractivity contribution in [2.24, 2.45) is 0 Å². The summed E-state index contributed by atoms with van der Waals surface area (Å²) in [6.45, 7) is 3.73. The SMILES string of the molecule is O=C(O)CCN1CCC2(CC1)COc1cc(OCc3cc(Br)cs3)ccc12. The molecule has 2 aliphatic heterocycles. The molecule has 144 valence electrons. The van der Waals surface area contributed by atoms with Crippen LogP contribution in [0.15, 0.2) is 34.1 Å². The molecule has 1 N–H and O–H groups in total. The van der Waals surface area contributed by atoms with Crippen molar-refractivity contribution in [1.82, 2.24) is 4.90 Å². The van der Waals surface area contributed by atoms with Gasteiger partial charge in [-0.2, -0.15) is 0 Å². The minimum atomic E-state index is -0.729. The summed E-state index contributed by atoms with van der Waals surface area (Å²) in [4.78, 5) is 14.2. The second kappa shape index (κ2) is 7.81. The summed E-state index contributed by atoms with van der Waals surface area (Å²) in [6.07, 6.45) is 2.22. The first-order chi connectivity index (χ1) is 13.0. The summed E-state index contributed by atoms with van der Waals surface area (Å²) >= 11 is 5.14. The average molecular weight is 452 g/mol. The minimum Gasteiger partial charge on any atom is -0.492 e. The highest BCUT2D eigenvalue weighted by atomic mass is 79.9. The van der Waals surface area contributed by atoms with Gasteiger partial charge in [0.15, 0.2) is 0 Å². The maximum absolute atomic E-state index is 10.8. The Morgan fingerprint density at radius 3 is 2.85 bits per heavy atom. The lowest BCUT2D eigenvalue weighted by Crippen LogP contribution is -2.44. The van der Waals surface area contributed by atoms with Crippen LogP contribution in [-0.2, 0) is 16.8 Å². The molecular weight excluding hydrogens is 430 g/mol. The molecule has 2 aliphatic rings. The van der Waals surface area contributed by atoms with Crippen LogP contribution in [0.2, 0.25) is 0 Å². The summed E-state index contributed by atoms with van der Waals surface area (Å²) in [5, 5.41) is 10.9. The van der Waals surface area contributed by atoms with Gasteiger partial charge >= 0.3 is 5.97 Å². The maximum Gasteiger partial charge on any atom is 0.304 e. The first-order valence-electron chi connectivity index (χ1n) is 9.11. The fourth-order valence-corrected chi connectivity index (χ4v) is 5.26. The molecule has 1 saturated heterocycles. The van der Waals surface area contributed by atoms with Crippen LogP contribution in [0.1, 0.15) is 29.7 Å². The van der Waals surface area contributed by atoms with Crippen molar-refractivity contribution < 1.29 is 19.4 Å². The number of carboxylic acid groups (broad SMARTS) is 1. The Kier molecular flexibility index (Phi) is 5.43. The molecule has 4 rings (SSSR count). The van der Waals surface area contributed by atoms with Gasteiger partial charge in [0.05, 0.1) is 13.0 Å². The Bertz CT molecular complexity index is 829. The van der Waals surface area contributed by atoms with Crippen LogP contribution in [0.3, 0.4) is 0 Å². The number of nitrogens with zero attached hydrogens (tertiary/aromatic N) is 1. The number of ether oxygens (including phenoxy) is 2. The second-order valence-electron chi connectivity index (χ2n) is 7.23. The van der Waals surface area contributed by atoms with E-state index in [1.54, 1.807) is 11.3 Å². The number of likely N-dealkylation sites (tertiary alicyclic amines) is 1. The van der Waals surface area contributed by atoms with Crippen molar-refractivity contribution in [3.63, 3.8) is 0 Å². The Balaban J connectivity index is 1.39. The quantitative estimate of drug-likeness (QED) is 0.709. The fourth-order valence-electron chi connectivity index (χ4n) is 3.90. The van der Waals surface area contributed by atoms with Crippen molar-refractivity contribution in [3.05, 3.63) is 44.6 Å². The molecule has 0 amide bonds. The monoisotopic (exact) mass is 451 g/mol. The number of thiophene rings is 1. The number of hydrogen-bond acceptors (Lipinski definition) is 5. The highest BCUT2D eigenvalue weighted by molar-refractivity contribution is 9.10. The van der Waals surface area contributed by atoms with Gasteiger partial charge in [-0.25, -0.2) is 0 Å². The van der Waals surface area contributed by atoms with Gasteiger partial charge in [0.2, 0.25) is 0 Å². The summed E-state index contributed by atoms with van der Waals surface area (Å²) in [7, 11) is 0. The Morgan fingerprint density at radius 1 is 1.33 bits per heavy atom. The lowest BCUT2D eigenvalue weighted by molar-refractivity contribution is -0.137. The molecule has 0 bridgehead atoms. The van der Waals surface area contributed by atoms with Gasteiger partial charge in [-0.3, -0.25) is 4.79 Å². The third-order valence-electron chi connectivity index (χ3n) is 5.49. The number of carbonyl (C=O) groups is 1. The molecule has 1 aromatic heterocycles. The first-order valence-corrected chi connectivity index (χ1v) is 10.8. The van der Waals surface area contributed by atoms with Crippen LogP contribution in [-0.4, -0.2) is 42.2 Å². The van der Waals surface area contributed by atoms with Gasteiger partial charge in [0.25, 0.3) is 0 Å². The van der Waals surface area contributed by atoms with E-state index in [0.29, 0.717) is 19.8 Å². The molecular formula is C20H22BrNO4S. The first kappa shape index (κ1) is 18.8. The van der Waals surface area contributed by atoms with E-state index < -0.39 is 5.97 Å². The number of hydrogen-bond donors (Lipinski definition) is 1. The highest BCUT2D eigenvalue weighted by Crippen LogP contribution is 2.46. The average Bonchev–Trinajstić information content (AvgIpc) is 3.23. The molecule has 0 atom stereocenters. The van der Waals surface area contributed by atoms with Crippen LogP contribution in [0.25, 0.3) is 0 Å². The van der Waals surface area contributed by atoms with Crippen molar-refractivity contribution in [1.29, 1.82) is 0 Å². The molecule has 7 heteroatoms. The van der Waals surface area contributed by atoms with Gasteiger partial charge in [0.1, 0.15) is 18.1 Å². The molecule has 0 radical (unpaired) electrons. The van der Waals surface area contributed by atoms with E-state index in [1.165, 1.54) is 10.4 Å². The highest BCUT2D eigenvalue weighted by Gasteiger charge is 2.43. The number of carboxylic acids is 1. The zero-order valence-corrected chi connectivity index (χ0v) is 17.4. The third-order valence-corrected chi connectivity index (χ3v) is 7.16. The largest absolute Gasteiger partial charge is 0.492 e. The Hall–Kier alpha value is -1.57. The van der Waals surface area contributed by atoms with Gasteiger partial charge in [-0.05, 0) is 54.0 Å². The van der Waals surface area contributed by atoms with E-state index in [0.717, 1.165) is 41.9 Å². The lowest BCUT2D eigenvalue weighted by atomic mass is 9.74. The number of halogens is 1. The minimum absolute atomic E-state index is 0.0617. The molecule has 27 heavy (non-hydrogen) atoms. The molecule has 1 aromatic carbocycles. The lowest BCUT2D eigenvalue weighted by Gasteiger charge is -2.38. The van der Waals surface area contributed by atoms with Gasteiger partial charge in [-0.1, -0.05) is 6.07 Å². The molecule has 3 heterocycles. The number of aliphatic carboxylic acids is 1. The smallest absolute Gasteiger partial charge is 0.304 e. The summed E-state index contributed by atoms with van der Waals surface area (Å²) < 4.78 is 13.0. The van der Waals surface area contributed by atoms with Crippen LogP contribution >= 0.6 is 27.3 Å². The van der Waals surface area contributed by atoms with Crippen LogP contribution < -0.4 is 9.47 Å². The fraction of sp³-hybridized carbons (Fsp3) is 0.450. The van der Waals surface area contributed by atoms with E-state index in [1.807, 2.05) is 12.1 Å². The molecule has 5 nitrogen and oxygen atoms in total. The zero-order chi connectivity index (χ0) is 18.9. The van der Waals surface area contributed by atoms with Gasteiger partial charge in [-0.15, -0.1) is 11.3 Å². The third kappa shape index (κ3) is 4.15. The molecule has 0 unspecified atom stereocenters. The Labute approximate surface area is 171 Å². The number of rotatable bonds is 6. The molecule has 0 saturated carbocycles. The summed E-state index contributed by atoms with van der Waals surface area (Å²) in [5.74, 6) is 1.03. The number of piperidine rings is 1. The molecule has 0 aliphatic carbocycles. The summed E-state index contributed by atoms with van der Waals surface area (Å²) in [6, 6.07) is 8.26. The molecule has 2 aromatic rings. The van der Waals surface area contributed by atoms with Crippen LogP contribution in [0.5, 0.6) is 11.5 Å². The predicted octanol–water partition coefficient (Wildman–Crippen LogP) is 4.29. The van der Waals surface area contributed by atoms with E-state index in [9.17, 15) is 4.79 Å². The maximum atomic E-state index is 10.8. The van der Waals surface area contributed by atoms with Gasteiger partial charge in [0, 0.05) is 38.3 Å². The number of fused-ring (bicyclic) bond motifs is 2. The Morgan fingerprint density at radius 2 is 2.15 bits per heavy atom. The standard InChI is InChI=1S/C20H22BrNO4S/c21-14-9-16(27-12-14)11-25-15-1-2-17-18(10-15)26-13-20(17)4-7-22(8-5-20)6-3-19(23)24/h1-2,9-10,12H,3-8,11,13H2,(H,23,24). The van der Waals surface area contributed by atoms with Crippen molar-refractivity contribution in [2.75, 3.05) is 26.2 Å². The zero-order valence-electron chi connectivity index (χ0n) is 14.9. The van der Waals surface area contributed by atoms with E-state index >= 15 is 0 Å². The van der Waals surface area contributed by atoms with E-state index in [4.69, 9.17) is 14.6 Å². The van der Waals surface area contributed by atoms with E-state index in [2.05, 4.69) is 38.3 Å². The topological polar surface area (TPSA) is 59.0 Å². The predicted molar refractivity (Wildman–Crippen MR) is 108 cm³/mol.